The van der Waals surface area contributed by atoms with Crippen LogP contribution in [-0.2, 0) is 0 Å². The number of aromatic nitrogens is 2. The van der Waals surface area contributed by atoms with Crippen molar-refractivity contribution in [2.75, 3.05) is 5.73 Å². The number of anilines is 1. The number of ether oxygens (including phenoxy) is 1. The highest BCUT2D eigenvalue weighted by Crippen LogP contribution is 2.28. The molecule has 0 fully saturated rings. The molecule has 2 N–H and O–H groups in total. The minimum Gasteiger partial charge on any atom is -0.435 e. The van der Waals surface area contributed by atoms with Crippen LogP contribution in [0.2, 0.25) is 5.02 Å². The summed E-state index contributed by atoms with van der Waals surface area (Å²) in [6.45, 7) is 0. The third kappa shape index (κ3) is 2.35. The Labute approximate surface area is 91.7 Å². The summed E-state index contributed by atoms with van der Waals surface area (Å²) in [5.41, 5.74) is 6.18. The maximum absolute atomic E-state index is 5.76. The standard InChI is InChI=1S/C10H8ClN3O/c11-7-3-4-9(8(12)6-7)15-10-2-1-5-13-14-10/h1-6H,12H2. The van der Waals surface area contributed by atoms with Gasteiger partial charge in [-0.3, -0.25) is 0 Å². The van der Waals surface area contributed by atoms with Gasteiger partial charge in [0.2, 0.25) is 5.88 Å². The molecular formula is C10H8ClN3O. The van der Waals surface area contributed by atoms with Gasteiger partial charge in [-0.15, -0.1) is 5.10 Å². The summed E-state index contributed by atoms with van der Waals surface area (Å²) >= 11 is 5.76. The third-order valence-corrected chi connectivity index (χ3v) is 1.97. The Morgan fingerprint density at radius 2 is 2.13 bits per heavy atom. The minimum atomic E-state index is 0.395. The van der Waals surface area contributed by atoms with Crippen LogP contribution in [0.15, 0.2) is 36.5 Å². The smallest absolute Gasteiger partial charge is 0.238 e. The Morgan fingerprint density at radius 1 is 1.27 bits per heavy atom. The van der Waals surface area contributed by atoms with Crippen LogP contribution in [0.3, 0.4) is 0 Å². The van der Waals surface area contributed by atoms with Crippen molar-refractivity contribution in [3.05, 3.63) is 41.6 Å². The summed E-state index contributed by atoms with van der Waals surface area (Å²) in [5, 5.41) is 8.03. The highest BCUT2D eigenvalue weighted by molar-refractivity contribution is 6.30. The van der Waals surface area contributed by atoms with Crippen LogP contribution < -0.4 is 10.5 Å². The molecule has 0 bridgehead atoms. The van der Waals surface area contributed by atoms with Gasteiger partial charge in [0.1, 0.15) is 0 Å². The van der Waals surface area contributed by atoms with Gasteiger partial charge in [-0.2, -0.15) is 5.10 Å². The molecule has 0 aliphatic heterocycles. The van der Waals surface area contributed by atoms with Gasteiger partial charge < -0.3 is 10.5 Å². The molecule has 0 unspecified atom stereocenters. The molecule has 1 aromatic heterocycles. The summed E-state index contributed by atoms with van der Waals surface area (Å²) in [5.74, 6) is 0.909. The Balaban J connectivity index is 2.25. The summed E-state index contributed by atoms with van der Waals surface area (Å²) in [7, 11) is 0. The number of rotatable bonds is 2. The molecule has 1 aromatic carbocycles. The molecule has 0 amide bonds. The van der Waals surface area contributed by atoms with Crippen molar-refractivity contribution in [2.24, 2.45) is 0 Å². The first-order valence-electron chi connectivity index (χ1n) is 4.26. The first kappa shape index (κ1) is 9.73. The van der Waals surface area contributed by atoms with Crippen LogP contribution in [-0.4, -0.2) is 10.2 Å². The fourth-order valence-corrected chi connectivity index (χ4v) is 1.25. The van der Waals surface area contributed by atoms with Crippen LogP contribution in [0.1, 0.15) is 0 Å². The lowest BCUT2D eigenvalue weighted by Crippen LogP contribution is -1.93. The fraction of sp³-hybridized carbons (Fsp3) is 0. The van der Waals surface area contributed by atoms with E-state index in [1.54, 1.807) is 36.5 Å². The summed E-state index contributed by atoms with van der Waals surface area (Å²) in [6.07, 6.45) is 1.57. The highest BCUT2D eigenvalue weighted by Gasteiger charge is 2.03. The van der Waals surface area contributed by atoms with Crippen LogP contribution in [0.5, 0.6) is 11.6 Å². The topological polar surface area (TPSA) is 61.0 Å². The van der Waals surface area contributed by atoms with Crippen LogP contribution in [0.25, 0.3) is 0 Å². The van der Waals surface area contributed by atoms with Gasteiger partial charge >= 0.3 is 0 Å². The second kappa shape index (κ2) is 4.14. The van der Waals surface area contributed by atoms with E-state index in [-0.39, 0.29) is 0 Å². The summed E-state index contributed by atoms with van der Waals surface area (Å²) in [4.78, 5) is 0. The van der Waals surface area contributed by atoms with E-state index in [1.165, 1.54) is 0 Å². The van der Waals surface area contributed by atoms with Crippen LogP contribution in [0.4, 0.5) is 5.69 Å². The maximum Gasteiger partial charge on any atom is 0.238 e. The van der Waals surface area contributed by atoms with E-state index in [4.69, 9.17) is 22.1 Å². The van der Waals surface area contributed by atoms with E-state index in [0.717, 1.165) is 0 Å². The van der Waals surface area contributed by atoms with E-state index >= 15 is 0 Å². The molecule has 76 valence electrons. The number of hydrogen-bond donors (Lipinski definition) is 1. The second-order valence-corrected chi connectivity index (χ2v) is 3.28. The number of nitrogens with two attached hydrogens (primary N) is 1. The summed E-state index contributed by atoms with van der Waals surface area (Å²) in [6, 6.07) is 8.43. The van der Waals surface area contributed by atoms with Crippen molar-refractivity contribution in [3.8, 4) is 11.6 Å². The molecule has 0 spiro atoms. The predicted molar refractivity (Wildman–Crippen MR) is 58.0 cm³/mol. The average Bonchev–Trinajstić information content (AvgIpc) is 2.24. The molecule has 15 heavy (non-hydrogen) atoms. The van der Waals surface area contributed by atoms with Crippen molar-refractivity contribution in [2.45, 2.75) is 0 Å². The molecule has 0 aliphatic rings. The average molecular weight is 222 g/mol. The molecule has 0 radical (unpaired) electrons. The monoisotopic (exact) mass is 221 g/mol. The Morgan fingerprint density at radius 3 is 2.80 bits per heavy atom. The Bertz CT molecular complexity index is 461. The first-order valence-corrected chi connectivity index (χ1v) is 4.64. The fourth-order valence-electron chi connectivity index (χ4n) is 1.07. The van der Waals surface area contributed by atoms with Crippen molar-refractivity contribution in [1.82, 2.24) is 10.2 Å². The van der Waals surface area contributed by atoms with Crippen molar-refractivity contribution < 1.29 is 4.74 Å². The van der Waals surface area contributed by atoms with Gasteiger partial charge in [0, 0.05) is 17.3 Å². The lowest BCUT2D eigenvalue weighted by atomic mass is 10.3. The highest BCUT2D eigenvalue weighted by atomic mass is 35.5. The van der Waals surface area contributed by atoms with Gasteiger partial charge in [0.15, 0.2) is 5.75 Å². The number of nitrogen functional groups attached to an aromatic ring is 1. The van der Waals surface area contributed by atoms with E-state index in [1.807, 2.05) is 0 Å². The number of halogens is 1. The first-order chi connectivity index (χ1) is 7.25. The predicted octanol–water partition coefficient (Wildman–Crippen LogP) is 2.50. The largest absolute Gasteiger partial charge is 0.435 e. The number of nitrogens with zero attached hydrogens (tertiary/aromatic N) is 2. The SMILES string of the molecule is Nc1cc(Cl)ccc1Oc1cccnn1. The minimum absolute atomic E-state index is 0.395. The molecule has 2 aromatic rings. The molecule has 2 rings (SSSR count). The van der Waals surface area contributed by atoms with E-state index < -0.39 is 0 Å². The lowest BCUT2D eigenvalue weighted by Gasteiger charge is -2.06. The zero-order valence-electron chi connectivity index (χ0n) is 7.72. The van der Waals surface area contributed by atoms with Crippen molar-refractivity contribution >= 4 is 17.3 Å². The molecule has 0 saturated heterocycles. The van der Waals surface area contributed by atoms with Crippen molar-refractivity contribution in [3.63, 3.8) is 0 Å². The van der Waals surface area contributed by atoms with Gasteiger partial charge in [0.25, 0.3) is 0 Å². The summed E-state index contributed by atoms with van der Waals surface area (Å²) < 4.78 is 5.41. The van der Waals surface area contributed by atoms with Crippen LogP contribution >= 0.6 is 11.6 Å². The molecular weight excluding hydrogens is 214 g/mol. The van der Waals surface area contributed by atoms with Gasteiger partial charge in [0.05, 0.1) is 5.69 Å². The zero-order chi connectivity index (χ0) is 10.7. The molecule has 5 heteroatoms. The number of benzene rings is 1. The van der Waals surface area contributed by atoms with Gasteiger partial charge in [-0.1, -0.05) is 11.6 Å². The second-order valence-electron chi connectivity index (χ2n) is 2.85. The van der Waals surface area contributed by atoms with E-state index in [2.05, 4.69) is 10.2 Å². The van der Waals surface area contributed by atoms with Gasteiger partial charge in [-0.25, -0.2) is 0 Å². The Hall–Kier alpha value is -1.81. The quantitative estimate of drug-likeness (QED) is 0.792. The Kier molecular flexibility index (Phi) is 2.69. The lowest BCUT2D eigenvalue weighted by molar-refractivity contribution is 0.457. The third-order valence-electron chi connectivity index (χ3n) is 1.73. The van der Waals surface area contributed by atoms with Crippen molar-refractivity contribution in [1.29, 1.82) is 0 Å². The van der Waals surface area contributed by atoms with E-state index in [9.17, 15) is 0 Å². The molecule has 0 saturated carbocycles. The van der Waals surface area contributed by atoms with Crippen LogP contribution in [0, 0.1) is 0 Å². The number of hydrogen-bond acceptors (Lipinski definition) is 4. The maximum atomic E-state index is 5.76. The molecule has 0 aliphatic carbocycles. The van der Waals surface area contributed by atoms with Gasteiger partial charge in [-0.05, 0) is 24.3 Å². The van der Waals surface area contributed by atoms with E-state index in [0.29, 0.717) is 22.3 Å². The normalized spacial score (nSPS) is 9.93. The molecule has 0 atom stereocenters. The molecule has 4 nitrogen and oxygen atoms in total. The zero-order valence-corrected chi connectivity index (χ0v) is 8.48. The molecule has 1 heterocycles.